The van der Waals surface area contributed by atoms with Crippen molar-refractivity contribution in [3.05, 3.63) is 61.8 Å². The average molecular weight is 330 g/mol. The Kier molecular flexibility index (Phi) is 4.43. The first kappa shape index (κ1) is 15.7. The van der Waals surface area contributed by atoms with Gasteiger partial charge in [0.15, 0.2) is 0 Å². The first-order valence-electron chi connectivity index (χ1n) is 7.69. The molecule has 1 amide bonds. The van der Waals surface area contributed by atoms with Gasteiger partial charge in [0.1, 0.15) is 0 Å². The van der Waals surface area contributed by atoms with Gasteiger partial charge in [0.25, 0.3) is 5.69 Å². The van der Waals surface area contributed by atoms with Crippen molar-refractivity contribution in [2.75, 3.05) is 6.54 Å². The van der Waals surface area contributed by atoms with E-state index in [1.807, 2.05) is 4.90 Å². The molecule has 0 N–H and O–H groups in total. The summed E-state index contributed by atoms with van der Waals surface area (Å²) in [6.07, 6.45) is 1.80. The third-order valence-corrected chi connectivity index (χ3v) is 5.33. The maximum Gasteiger partial charge on any atom is 0.273 e. The Morgan fingerprint density at radius 2 is 2.17 bits per heavy atom. The molecule has 0 fully saturated rings. The number of carbonyl (C=O) groups is 1. The molecule has 5 nitrogen and oxygen atoms in total. The lowest BCUT2D eigenvalue weighted by atomic mass is 9.96. The van der Waals surface area contributed by atoms with Crippen LogP contribution in [0.2, 0.25) is 0 Å². The van der Waals surface area contributed by atoms with E-state index in [0.717, 1.165) is 12.8 Å². The summed E-state index contributed by atoms with van der Waals surface area (Å²) in [5.41, 5.74) is 1.73. The van der Waals surface area contributed by atoms with E-state index in [0.29, 0.717) is 12.1 Å². The first-order valence-corrected chi connectivity index (χ1v) is 8.57. The second-order valence-electron chi connectivity index (χ2n) is 5.62. The number of para-hydroxylation sites is 1. The van der Waals surface area contributed by atoms with Crippen molar-refractivity contribution in [1.29, 1.82) is 0 Å². The molecule has 0 aliphatic carbocycles. The zero-order valence-electron chi connectivity index (χ0n) is 12.9. The molecule has 1 aliphatic heterocycles. The van der Waals surface area contributed by atoms with Crippen molar-refractivity contribution in [2.45, 2.75) is 32.2 Å². The van der Waals surface area contributed by atoms with Crippen LogP contribution in [0.15, 0.2) is 35.7 Å². The molecule has 0 bridgehead atoms. The van der Waals surface area contributed by atoms with Gasteiger partial charge >= 0.3 is 0 Å². The molecule has 2 heterocycles. The molecule has 0 saturated heterocycles. The number of thiophene rings is 1. The molecule has 1 aromatic heterocycles. The van der Waals surface area contributed by atoms with Crippen molar-refractivity contribution in [1.82, 2.24) is 4.90 Å². The highest BCUT2D eigenvalue weighted by molar-refractivity contribution is 7.10. The van der Waals surface area contributed by atoms with E-state index >= 15 is 0 Å². The van der Waals surface area contributed by atoms with Crippen LogP contribution in [0.3, 0.4) is 0 Å². The Labute approximate surface area is 138 Å². The van der Waals surface area contributed by atoms with Crippen LogP contribution < -0.4 is 0 Å². The Morgan fingerprint density at radius 1 is 1.39 bits per heavy atom. The minimum absolute atomic E-state index is 0.0159. The van der Waals surface area contributed by atoms with Gasteiger partial charge in [-0.25, -0.2) is 0 Å². The van der Waals surface area contributed by atoms with Crippen molar-refractivity contribution >= 4 is 22.9 Å². The van der Waals surface area contributed by atoms with Gasteiger partial charge < -0.3 is 4.90 Å². The zero-order chi connectivity index (χ0) is 16.4. The van der Waals surface area contributed by atoms with Crippen LogP contribution >= 0.6 is 11.3 Å². The number of rotatable bonds is 4. The van der Waals surface area contributed by atoms with Crippen LogP contribution in [-0.4, -0.2) is 22.3 Å². The van der Waals surface area contributed by atoms with Crippen molar-refractivity contribution in [3.8, 4) is 0 Å². The predicted octanol–water partition coefficient (Wildman–Crippen LogP) is 3.73. The molecule has 2 aromatic rings. The minimum Gasteiger partial charge on any atom is -0.335 e. The largest absolute Gasteiger partial charge is 0.335 e. The lowest BCUT2D eigenvalue weighted by molar-refractivity contribution is -0.385. The highest BCUT2D eigenvalue weighted by Crippen LogP contribution is 2.35. The lowest BCUT2D eigenvalue weighted by Crippen LogP contribution is -2.40. The third kappa shape index (κ3) is 2.99. The van der Waals surface area contributed by atoms with Crippen LogP contribution in [-0.2, 0) is 17.6 Å². The molecular formula is C17H18N2O3S. The van der Waals surface area contributed by atoms with Gasteiger partial charge in [0.2, 0.25) is 5.91 Å². The molecule has 6 heteroatoms. The molecule has 0 saturated carbocycles. The quantitative estimate of drug-likeness (QED) is 0.634. The van der Waals surface area contributed by atoms with E-state index in [9.17, 15) is 14.9 Å². The summed E-state index contributed by atoms with van der Waals surface area (Å²) >= 11 is 1.74. The molecule has 1 aliphatic rings. The number of carbonyl (C=O) groups excluding carboxylic acids is 1. The van der Waals surface area contributed by atoms with Gasteiger partial charge in [-0.1, -0.05) is 25.1 Å². The SMILES string of the molecule is CCC1c2ccsc2CCN1C(=O)Cc1ccccc1[N+](=O)[O-]. The van der Waals surface area contributed by atoms with Crippen molar-refractivity contribution in [3.63, 3.8) is 0 Å². The summed E-state index contributed by atoms with van der Waals surface area (Å²) in [5, 5.41) is 13.2. The monoisotopic (exact) mass is 330 g/mol. The normalized spacial score (nSPS) is 16.9. The maximum atomic E-state index is 12.8. The third-order valence-electron chi connectivity index (χ3n) is 4.33. The van der Waals surface area contributed by atoms with Gasteiger partial charge in [-0.15, -0.1) is 11.3 Å². The van der Waals surface area contributed by atoms with Gasteiger partial charge in [-0.05, 0) is 29.9 Å². The summed E-state index contributed by atoms with van der Waals surface area (Å²) in [5.74, 6) is -0.0389. The Hall–Kier alpha value is -2.21. The molecule has 1 unspecified atom stereocenters. The number of benzene rings is 1. The smallest absolute Gasteiger partial charge is 0.273 e. The second-order valence-corrected chi connectivity index (χ2v) is 6.62. The van der Waals surface area contributed by atoms with Gasteiger partial charge in [-0.3, -0.25) is 14.9 Å². The maximum absolute atomic E-state index is 12.8. The minimum atomic E-state index is -0.424. The summed E-state index contributed by atoms with van der Waals surface area (Å²) in [6.45, 7) is 2.76. The molecule has 0 radical (unpaired) electrons. The molecule has 3 rings (SSSR count). The molecule has 120 valence electrons. The number of nitro groups is 1. The summed E-state index contributed by atoms with van der Waals surface area (Å²) in [7, 11) is 0. The summed E-state index contributed by atoms with van der Waals surface area (Å²) < 4.78 is 0. The van der Waals surface area contributed by atoms with E-state index in [1.165, 1.54) is 16.5 Å². The highest BCUT2D eigenvalue weighted by atomic mass is 32.1. The average Bonchev–Trinajstić information content (AvgIpc) is 3.02. The number of nitrogens with zero attached hydrogens (tertiary/aromatic N) is 2. The molecule has 0 spiro atoms. The van der Waals surface area contributed by atoms with Crippen LogP contribution in [0, 0.1) is 10.1 Å². The predicted molar refractivity (Wildman–Crippen MR) is 89.6 cm³/mol. The van der Waals surface area contributed by atoms with Gasteiger partial charge in [0.05, 0.1) is 17.4 Å². The standard InChI is InChI=1S/C17H18N2O3S/c1-2-14-13-8-10-23-16(13)7-9-18(14)17(20)11-12-5-3-4-6-15(12)19(21)22/h3-6,8,10,14H,2,7,9,11H2,1H3. The molecule has 1 atom stereocenters. The Balaban J connectivity index is 1.83. The molecule has 1 aromatic carbocycles. The number of hydrogen-bond donors (Lipinski definition) is 0. The number of nitro benzene ring substituents is 1. The van der Waals surface area contributed by atoms with Gasteiger partial charge in [0, 0.05) is 23.1 Å². The Bertz CT molecular complexity index is 741. The highest BCUT2D eigenvalue weighted by Gasteiger charge is 2.31. The number of amides is 1. The van der Waals surface area contributed by atoms with E-state index in [2.05, 4.69) is 18.4 Å². The van der Waals surface area contributed by atoms with E-state index in [1.54, 1.807) is 29.5 Å². The Morgan fingerprint density at radius 3 is 2.91 bits per heavy atom. The summed E-state index contributed by atoms with van der Waals surface area (Å²) in [6, 6.07) is 8.66. The van der Waals surface area contributed by atoms with E-state index in [-0.39, 0.29) is 24.1 Å². The fourth-order valence-electron chi connectivity index (χ4n) is 3.24. The lowest BCUT2D eigenvalue weighted by Gasteiger charge is -2.35. The topological polar surface area (TPSA) is 63.5 Å². The van der Waals surface area contributed by atoms with Gasteiger partial charge in [-0.2, -0.15) is 0 Å². The molecular weight excluding hydrogens is 312 g/mol. The van der Waals surface area contributed by atoms with Crippen LogP contribution in [0.1, 0.15) is 35.4 Å². The number of fused-ring (bicyclic) bond motifs is 1. The zero-order valence-corrected chi connectivity index (χ0v) is 13.7. The van der Waals surface area contributed by atoms with Crippen LogP contribution in [0.4, 0.5) is 5.69 Å². The van der Waals surface area contributed by atoms with Crippen molar-refractivity contribution < 1.29 is 9.72 Å². The second kappa shape index (κ2) is 6.50. The fraction of sp³-hybridized carbons (Fsp3) is 0.353. The fourth-order valence-corrected chi connectivity index (χ4v) is 4.17. The van der Waals surface area contributed by atoms with Crippen LogP contribution in [0.5, 0.6) is 0 Å². The molecule has 23 heavy (non-hydrogen) atoms. The van der Waals surface area contributed by atoms with Crippen molar-refractivity contribution in [2.24, 2.45) is 0 Å². The van der Waals surface area contributed by atoms with Crippen LogP contribution in [0.25, 0.3) is 0 Å². The van der Waals surface area contributed by atoms with E-state index in [4.69, 9.17) is 0 Å². The summed E-state index contributed by atoms with van der Waals surface area (Å²) in [4.78, 5) is 26.7. The number of hydrogen-bond acceptors (Lipinski definition) is 4. The van der Waals surface area contributed by atoms with E-state index < -0.39 is 4.92 Å². The first-order chi connectivity index (χ1) is 11.1.